The molecule has 1 heterocycles. The summed E-state index contributed by atoms with van der Waals surface area (Å²) in [5.41, 5.74) is 9.12. The topological polar surface area (TPSA) is 46.3 Å². The van der Waals surface area contributed by atoms with Crippen LogP contribution in [0.1, 0.15) is 31.2 Å². The van der Waals surface area contributed by atoms with E-state index in [0.29, 0.717) is 17.7 Å². The van der Waals surface area contributed by atoms with Crippen LogP contribution in [0, 0.1) is 17.8 Å². The number of fused-ring (bicyclic) bond motifs is 1. The summed E-state index contributed by atoms with van der Waals surface area (Å²) >= 11 is 0. The van der Waals surface area contributed by atoms with E-state index in [0.717, 1.165) is 43.1 Å². The van der Waals surface area contributed by atoms with Crippen molar-refractivity contribution in [2.75, 3.05) is 17.2 Å². The van der Waals surface area contributed by atoms with Crippen molar-refractivity contribution in [3.8, 4) is 0 Å². The predicted molar refractivity (Wildman–Crippen MR) is 75.8 cm³/mol. The number of carbonyl (C=O) groups is 1. The van der Waals surface area contributed by atoms with Crippen LogP contribution in [0.4, 0.5) is 11.4 Å². The monoisotopic (exact) mass is 256 g/mol. The van der Waals surface area contributed by atoms with Gasteiger partial charge in [0.25, 0.3) is 0 Å². The fraction of sp³-hybridized carbons (Fsp3) is 0.562. The Morgan fingerprint density at radius 3 is 2.95 bits per heavy atom. The quantitative estimate of drug-likeness (QED) is 0.827. The molecule has 2 N–H and O–H groups in total. The summed E-state index contributed by atoms with van der Waals surface area (Å²) in [6, 6.07) is 5.96. The van der Waals surface area contributed by atoms with Crippen molar-refractivity contribution in [1.29, 1.82) is 0 Å². The van der Waals surface area contributed by atoms with Gasteiger partial charge in [-0.05, 0) is 61.6 Å². The Labute approximate surface area is 113 Å². The average Bonchev–Trinajstić information content (AvgIpc) is 3.28. The van der Waals surface area contributed by atoms with Crippen molar-refractivity contribution in [3.63, 3.8) is 0 Å². The lowest BCUT2D eigenvalue weighted by atomic mass is 9.99. The molecule has 1 aromatic carbocycles. The minimum Gasteiger partial charge on any atom is -0.398 e. The zero-order valence-electron chi connectivity index (χ0n) is 11.1. The van der Waals surface area contributed by atoms with Gasteiger partial charge in [-0.15, -0.1) is 0 Å². The highest BCUT2D eigenvalue weighted by atomic mass is 16.2. The number of hydrogen-bond donors (Lipinski definition) is 1. The first kappa shape index (κ1) is 11.3. The molecule has 2 aliphatic carbocycles. The first-order valence-electron chi connectivity index (χ1n) is 7.44. The zero-order chi connectivity index (χ0) is 13.0. The Morgan fingerprint density at radius 1 is 1.32 bits per heavy atom. The Balaban J connectivity index is 1.59. The molecule has 2 atom stereocenters. The van der Waals surface area contributed by atoms with E-state index in [1.165, 1.54) is 18.4 Å². The maximum Gasteiger partial charge on any atom is 0.230 e. The molecule has 0 aromatic heterocycles. The first-order valence-corrected chi connectivity index (χ1v) is 7.44. The van der Waals surface area contributed by atoms with Crippen molar-refractivity contribution in [3.05, 3.63) is 23.8 Å². The van der Waals surface area contributed by atoms with Crippen LogP contribution in [0.15, 0.2) is 18.2 Å². The van der Waals surface area contributed by atoms with E-state index in [4.69, 9.17) is 5.73 Å². The van der Waals surface area contributed by atoms with Crippen LogP contribution in [0.3, 0.4) is 0 Å². The molecule has 4 rings (SSSR count). The predicted octanol–water partition coefficient (Wildman–Crippen LogP) is 2.59. The Hall–Kier alpha value is -1.51. The third-order valence-electron chi connectivity index (χ3n) is 4.94. The van der Waals surface area contributed by atoms with Gasteiger partial charge in [0.15, 0.2) is 0 Å². The average molecular weight is 256 g/mol. The smallest absolute Gasteiger partial charge is 0.230 e. The second-order valence-electron chi connectivity index (χ2n) is 6.28. The molecule has 100 valence electrons. The van der Waals surface area contributed by atoms with Crippen LogP contribution in [0.5, 0.6) is 0 Å². The molecule has 0 spiro atoms. The molecule has 2 saturated carbocycles. The summed E-state index contributed by atoms with van der Waals surface area (Å²) < 4.78 is 0. The number of amides is 1. The molecule has 3 aliphatic rings. The van der Waals surface area contributed by atoms with E-state index in [-0.39, 0.29) is 0 Å². The molecule has 3 heteroatoms. The number of nitrogens with zero attached hydrogens (tertiary/aromatic N) is 1. The van der Waals surface area contributed by atoms with Gasteiger partial charge in [0.2, 0.25) is 5.91 Å². The molecular weight excluding hydrogens is 236 g/mol. The van der Waals surface area contributed by atoms with Crippen LogP contribution >= 0.6 is 0 Å². The highest BCUT2D eigenvalue weighted by Gasteiger charge is 2.52. The van der Waals surface area contributed by atoms with E-state index >= 15 is 0 Å². The Bertz CT molecular complexity index is 536. The molecule has 1 aromatic rings. The molecule has 3 nitrogen and oxygen atoms in total. The highest BCUT2D eigenvalue weighted by molar-refractivity contribution is 5.98. The number of benzene rings is 1. The Kier molecular flexibility index (Phi) is 2.38. The summed E-state index contributed by atoms with van der Waals surface area (Å²) in [5.74, 6) is 2.21. The standard InChI is InChI=1S/C16H20N2O/c17-14-4-1-5-15-11(14)3-2-8-18(15)16(19)13-9-12(13)10-6-7-10/h1,4-5,10,12-13H,2-3,6-9,17H2. The lowest BCUT2D eigenvalue weighted by Gasteiger charge is -2.30. The normalized spacial score (nSPS) is 28.9. The van der Waals surface area contributed by atoms with Crippen LogP contribution in [-0.4, -0.2) is 12.5 Å². The molecule has 1 aliphatic heterocycles. The van der Waals surface area contributed by atoms with Crippen molar-refractivity contribution in [1.82, 2.24) is 0 Å². The van der Waals surface area contributed by atoms with Gasteiger partial charge >= 0.3 is 0 Å². The van der Waals surface area contributed by atoms with Crippen LogP contribution in [0.2, 0.25) is 0 Å². The molecule has 1 amide bonds. The van der Waals surface area contributed by atoms with Gasteiger partial charge in [0.05, 0.1) is 0 Å². The second-order valence-corrected chi connectivity index (χ2v) is 6.28. The van der Waals surface area contributed by atoms with E-state index in [2.05, 4.69) is 6.07 Å². The maximum atomic E-state index is 12.7. The van der Waals surface area contributed by atoms with Crippen LogP contribution in [0.25, 0.3) is 0 Å². The third-order valence-corrected chi connectivity index (χ3v) is 4.94. The molecule has 0 radical (unpaired) electrons. The maximum absolute atomic E-state index is 12.7. The second kappa shape index (κ2) is 3.99. The van der Waals surface area contributed by atoms with Crippen molar-refractivity contribution in [2.45, 2.75) is 32.1 Å². The fourth-order valence-electron chi connectivity index (χ4n) is 3.62. The number of nitrogens with two attached hydrogens (primary N) is 1. The largest absolute Gasteiger partial charge is 0.398 e. The lowest BCUT2D eigenvalue weighted by molar-refractivity contribution is -0.120. The summed E-state index contributed by atoms with van der Waals surface area (Å²) in [5, 5.41) is 0. The van der Waals surface area contributed by atoms with E-state index in [9.17, 15) is 4.79 Å². The van der Waals surface area contributed by atoms with Gasteiger partial charge in [0, 0.05) is 23.8 Å². The van der Waals surface area contributed by atoms with Crippen LogP contribution < -0.4 is 10.6 Å². The van der Waals surface area contributed by atoms with E-state index < -0.39 is 0 Å². The van der Waals surface area contributed by atoms with Gasteiger partial charge in [-0.1, -0.05) is 6.07 Å². The van der Waals surface area contributed by atoms with Gasteiger partial charge in [-0.2, -0.15) is 0 Å². The zero-order valence-corrected chi connectivity index (χ0v) is 11.1. The molecular formula is C16H20N2O. The highest BCUT2D eigenvalue weighted by Crippen LogP contribution is 2.55. The van der Waals surface area contributed by atoms with E-state index in [1.807, 2.05) is 17.0 Å². The molecule has 19 heavy (non-hydrogen) atoms. The SMILES string of the molecule is Nc1cccc2c1CCCN2C(=O)C1CC1C1CC1. The molecule has 0 saturated heterocycles. The minimum atomic E-state index is 0.305. The summed E-state index contributed by atoms with van der Waals surface area (Å²) in [7, 11) is 0. The number of carbonyl (C=O) groups excluding carboxylic acids is 1. The molecule has 0 bridgehead atoms. The van der Waals surface area contributed by atoms with Crippen molar-refractivity contribution >= 4 is 17.3 Å². The molecule has 2 fully saturated rings. The van der Waals surface area contributed by atoms with Crippen molar-refractivity contribution in [2.24, 2.45) is 17.8 Å². The number of anilines is 2. The summed E-state index contributed by atoms with van der Waals surface area (Å²) in [6.07, 6.45) is 5.85. The first-order chi connectivity index (χ1) is 9.25. The number of nitrogen functional groups attached to an aromatic ring is 1. The Morgan fingerprint density at radius 2 is 2.16 bits per heavy atom. The molecule has 2 unspecified atom stereocenters. The van der Waals surface area contributed by atoms with E-state index in [1.54, 1.807) is 0 Å². The lowest BCUT2D eigenvalue weighted by Crippen LogP contribution is -2.37. The van der Waals surface area contributed by atoms with Gasteiger partial charge < -0.3 is 10.6 Å². The third kappa shape index (κ3) is 1.83. The van der Waals surface area contributed by atoms with Gasteiger partial charge in [-0.3, -0.25) is 4.79 Å². The minimum absolute atomic E-state index is 0.305. The summed E-state index contributed by atoms with van der Waals surface area (Å²) in [4.78, 5) is 14.7. The van der Waals surface area contributed by atoms with Crippen molar-refractivity contribution < 1.29 is 4.79 Å². The fourth-order valence-corrected chi connectivity index (χ4v) is 3.62. The summed E-state index contributed by atoms with van der Waals surface area (Å²) in [6.45, 7) is 0.864. The van der Waals surface area contributed by atoms with Crippen LogP contribution in [-0.2, 0) is 11.2 Å². The number of hydrogen-bond acceptors (Lipinski definition) is 2. The number of rotatable bonds is 2. The van der Waals surface area contributed by atoms with Gasteiger partial charge in [-0.25, -0.2) is 0 Å². The van der Waals surface area contributed by atoms with Gasteiger partial charge in [0.1, 0.15) is 0 Å².